The first-order valence-corrected chi connectivity index (χ1v) is 22.9. The van der Waals surface area contributed by atoms with Crippen molar-refractivity contribution in [1.29, 1.82) is 0 Å². The van der Waals surface area contributed by atoms with Crippen LogP contribution in [-0.4, -0.2) is 109 Å². The number of carbonyl (C=O) groups excluding carboxylic acids is 1. The molecule has 0 spiro atoms. The second kappa shape index (κ2) is 23.4. The molecular weight excluding hydrogens is 901 g/mol. The predicted molar refractivity (Wildman–Crippen MR) is 255 cm³/mol. The van der Waals surface area contributed by atoms with Crippen LogP contribution in [0.2, 0.25) is 0 Å². The van der Waals surface area contributed by atoms with Gasteiger partial charge in [-0.25, -0.2) is 0 Å². The highest BCUT2D eigenvalue weighted by atomic mass is 16.6. The Hall–Kier alpha value is -6.47. The minimum absolute atomic E-state index is 0.199. The molecule has 10 atom stereocenters. The van der Waals surface area contributed by atoms with Gasteiger partial charge in [0.2, 0.25) is 0 Å². The van der Waals surface area contributed by atoms with Crippen LogP contribution in [0.25, 0.3) is 6.08 Å². The van der Waals surface area contributed by atoms with Crippen molar-refractivity contribution in [1.82, 2.24) is 0 Å². The molecule has 0 aromatic heterocycles. The van der Waals surface area contributed by atoms with Crippen LogP contribution in [0.1, 0.15) is 61.5 Å². The van der Waals surface area contributed by atoms with Crippen molar-refractivity contribution in [2.75, 3.05) is 13.2 Å². The molecule has 70 heavy (non-hydrogen) atoms. The highest BCUT2D eigenvalue weighted by Crippen LogP contribution is 2.55. The number of benzene rings is 6. The maximum absolute atomic E-state index is 15.4. The Kier molecular flexibility index (Phi) is 16.7. The summed E-state index contributed by atoms with van der Waals surface area (Å²) in [5.74, 6) is -0.976. The fraction of sp³-hybridized carbons (Fsp3) is 0.291. The maximum atomic E-state index is 15.4. The lowest BCUT2D eigenvalue weighted by atomic mass is 9.83. The van der Waals surface area contributed by atoms with Crippen LogP contribution in [0.5, 0.6) is 23.0 Å². The van der Waals surface area contributed by atoms with Crippen molar-refractivity contribution in [3.05, 3.63) is 196 Å². The molecule has 15 nitrogen and oxygen atoms in total. The highest BCUT2D eigenvalue weighted by Gasteiger charge is 2.51. The Morgan fingerprint density at radius 3 is 1.17 bits per heavy atom. The summed E-state index contributed by atoms with van der Waals surface area (Å²) in [4.78, 5) is 15.4. The monoisotopic (exact) mass is 956 g/mol. The average Bonchev–Trinajstić information content (AvgIpc) is 3.40. The summed E-state index contributed by atoms with van der Waals surface area (Å²) in [5, 5.41) is 89.6. The molecule has 2 fully saturated rings. The summed E-state index contributed by atoms with van der Waals surface area (Å²) in [6.45, 7) is -1.91. The molecule has 0 saturated carbocycles. The zero-order chi connectivity index (χ0) is 49.1. The number of rotatable bonds is 19. The van der Waals surface area contributed by atoms with Gasteiger partial charge >= 0.3 is 0 Å². The zero-order valence-electron chi connectivity index (χ0n) is 38.0. The van der Waals surface area contributed by atoms with Gasteiger partial charge in [0.1, 0.15) is 116 Å². The molecule has 6 aromatic rings. The molecule has 366 valence electrons. The van der Waals surface area contributed by atoms with Gasteiger partial charge in [0, 0.05) is 0 Å². The molecule has 0 radical (unpaired) electrons. The maximum Gasteiger partial charge on any atom is 0.193 e. The van der Waals surface area contributed by atoms with E-state index in [1.807, 2.05) is 42.5 Å². The van der Waals surface area contributed by atoms with Crippen molar-refractivity contribution in [3.63, 3.8) is 0 Å². The largest absolute Gasteiger partial charge is 0.489 e. The molecule has 6 aromatic carbocycles. The number of hydrogen-bond donors (Lipinski definition) is 8. The molecule has 0 amide bonds. The fourth-order valence-corrected chi connectivity index (χ4v) is 8.46. The van der Waals surface area contributed by atoms with Gasteiger partial charge in [-0.3, -0.25) is 4.79 Å². The van der Waals surface area contributed by atoms with Gasteiger partial charge in [0.15, 0.2) is 5.78 Å². The summed E-state index contributed by atoms with van der Waals surface area (Å²) >= 11 is 0. The Morgan fingerprint density at radius 1 is 0.443 bits per heavy atom. The van der Waals surface area contributed by atoms with Gasteiger partial charge in [-0.15, -0.1) is 0 Å². The first kappa shape index (κ1) is 49.9. The van der Waals surface area contributed by atoms with Gasteiger partial charge in [-0.05, 0) is 46.0 Å². The SMILES string of the molecule is O=C(/C=C\c1ccc(OCc2ccccc2)cc1)c1c(OCc2ccccc2)c([C@@H]2O[C@H](CO)[C@@H](O)[C@H](O)[C@H]2O)c(OCc2ccccc2)c([C@@H]2O[C@H](CO)[C@@H](O)[C@H](O)[C@H]2O)c1OCc1ccccc1. The molecule has 0 aliphatic carbocycles. The van der Waals surface area contributed by atoms with E-state index in [9.17, 15) is 40.9 Å². The minimum atomic E-state index is -1.98. The van der Waals surface area contributed by atoms with E-state index in [0.717, 1.165) is 5.56 Å². The van der Waals surface area contributed by atoms with E-state index in [1.54, 1.807) is 109 Å². The van der Waals surface area contributed by atoms with Crippen LogP contribution in [0.15, 0.2) is 152 Å². The van der Waals surface area contributed by atoms with Gasteiger partial charge in [-0.1, -0.05) is 140 Å². The zero-order valence-corrected chi connectivity index (χ0v) is 38.0. The van der Waals surface area contributed by atoms with Crippen LogP contribution in [0.3, 0.4) is 0 Å². The third-order valence-corrected chi connectivity index (χ3v) is 12.3. The molecule has 2 aliphatic rings. The second-order valence-electron chi connectivity index (χ2n) is 17.1. The molecule has 8 N–H and O–H groups in total. The Labute approximate surface area is 404 Å². The van der Waals surface area contributed by atoms with E-state index < -0.39 is 80.0 Å². The van der Waals surface area contributed by atoms with Crippen molar-refractivity contribution in [3.8, 4) is 23.0 Å². The molecule has 8 rings (SSSR count). The average molecular weight is 957 g/mol. The number of aliphatic hydroxyl groups excluding tert-OH is 8. The molecule has 15 heteroatoms. The van der Waals surface area contributed by atoms with Crippen molar-refractivity contribution < 1.29 is 74.1 Å². The summed E-state index contributed by atoms with van der Waals surface area (Å²) in [6, 6.07) is 43.5. The number of allylic oxidation sites excluding steroid dienone is 1. The Bertz CT molecular complexity index is 2520. The lowest BCUT2D eigenvalue weighted by molar-refractivity contribution is -0.234. The molecule has 0 unspecified atom stereocenters. The van der Waals surface area contributed by atoms with E-state index in [1.165, 1.54) is 6.08 Å². The standard InChI is InChI=1S/C55H56O15/c56-27-40-45(59)47(61)49(63)54(69-40)43-51(66-30-35-15-7-2-8-16-35)42(39(58)26-23-33-21-24-38(25-22-33)65-29-34-13-5-1-6-14-34)52(67-31-36-17-9-3-10-18-36)44(53(43)68-32-37-19-11-4-12-20-37)55-50(64)48(62)46(60)41(28-57)70-55/h1-26,40-41,45-50,54-57,59-64H,27-32H2/b26-23-/t40-,41-,45-,46-,47+,48+,49-,50-,54+,55+/m1/s1. The summed E-state index contributed by atoms with van der Waals surface area (Å²) in [6.07, 6.45) is -15.0. The van der Waals surface area contributed by atoms with Crippen LogP contribution in [0.4, 0.5) is 0 Å². The Balaban J connectivity index is 1.38. The quantitative estimate of drug-likeness (QED) is 0.0397. The van der Waals surface area contributed by atoms with Gasteiger partial charge in [0.05, 0.1) is 24.3 Å². The van der Waals surface area contributed by atoms with E-state index in [0.29, 0.717) is 34.6 Å². The molecular formula is C55H56O15. The lowest BCUT2D eigenvalue weighted by Gasteiger charge is -2.43. The molecule has 2 aliphatic heterocycles. The van der Waals surface area contributed by atoms with Crippen LogP contribution in [0, 0.1) is 0 Å². The normalized spacial score (nSPS) is 24.5. The molecule has 0 bridgehead atoms. The number of hydrogen-bond acceptors (Lipinski definition) is 15. The van der Waals surface area contributed by atoms with Crippen molar-refractivity contribution >= 4 is 11.9 Å². The van der Waals surface area contributed by atoms with E-state index >= 15 is 4.79 Å². The molecule has 2 saturated heterocycles. The highest BCUT2D eigenvalue weighted by molar-refractivity contribution is 6.11. The van der Waals surface area contributed by atoms with Gasteiger partial charge in [-0.2, -0.15) is 0 Å². The summed E-state index contributed by atoms with van der Waals surface area (Å²) in [7, 11) is 0. The number of ketones is 1. The first-order chi connectivity index (χ1) is 34.1. The second-order valence-corrected chi connectivity index (χ2v) is 17.1. The number of carbonyl (C=O) groups is 1. The predicted octanol–water partition coefficient (Wildman–Crippen LogP) is 4.93. The summed E-state index contributed by atoms with van der Waals surface area (Å²) in [5.41, 5.74) is 2.72. The van der Waals surface area contributed by atoms with E-state index in [-0.39, 0.29) is 53.8 Å². The van der Waals surface area contributed by atoms with Crippen LogP contribution >= 0.6 is 0 Å². The smallest absolute Gasteiger partial charge is 0.193 e. The van der Waals surface area contributed by atoms with E-state index in [2.05, 4.69) is 0 Å². The van der Waals surface area contributed by atoms with Crippen molar-refractivity contribution in [2.24, 2.45) is 0 Å². The van der Waals surface area contributed by atoms with Crippen molar-refractivity contribution in [2.45, 2.75) is 87.5 Å². The van der Waals surface area contributed by atoms with Gasteiger partial charge in [0.25, 0.3) is 0 Å². The van der Waals surface area contributed by atoms with Gasteiger partial charge < -0.3 is 69.3 Å². The minimum Gasteiger partial charge on any atom is -0.489 e. The number of aliphatic hydroxyl groups is 8. The van der Waals surface area contributed by atoms with Crippen LogP contribution in [-0.2, 0) is 35.9 Å². The fourth-order valence-electron chi connectivity index (χ4n) is 8.46. The first-order valence-electron chi connectivity index (χ1n) is 22.9. The Morgan fingerprint density at radius 2 is 0.800 bits per heavy atom. The summed E-state index contributed by atoms with van der Waals surface area (Å²) < 4.78 is 38.7. The third kappa shape index (κ3) is 11.4. The third-order valence-electron chi connectivity index (χ3n) is 12.3. The topological polar surface area (TPSA) is 234 Å². The number of ether oxygens (including phenoxy) is 6. The lowest BCUT2D eigenvalue weighted by Crippen LogP contribution is -2.56. The van der Waals surface area contributed by atoms with Crippen LogP contribution < -0.4 is 18.9 Å². The van der Waals surface area contributed by atoms with E-state index in [4.69, 9.17) is 28.4 Å². The molecule has 2 heterocycles.